The van der Waals surface area contributed by atoms with Crippen LogP contribution in [0.15, 0.2) is 18.2 Å². The molecule has 1 saturated heterocycles. The van der Waals surface area contributed by atoms with Gasteiger partial charge in [-0.2, -0.15) is 5.26 Å². The highest BCUT2D eigenvalue weighted by Crippen LogP contribution is 2.50. The SMILES string of the molecule is N#CC1(c2ccc(Cl)cc2F)CCC2(CC1)CO2. The average molecular weight is 266 g/mol. The van der Waals surface area contributed by atoms with Gasteiger partial charge in [0.15, 0.2) is 0 Å². The van der Waals surface area contributed by atoms with Gasteiger partial charge in [0.25, 0.3) is 0 Å². The summed E-state index contributed by atoms with van der Waals surface area (Å²) in [5.74, 6) is -0.378. The van der Waals surface area contributed by atoms with E-state index in [1.54, 1.807) is 12.1 Å². The lowest BCUT2D eigenvalue weighted by Crippen LogP contribution is -2.34. The number of hydrogen-bond acceptors (Lipinski definition) is 2. The molecule has 1 saturated carbocycles. The van der Waals surface area contributed by atoms with Crippen LogP contribution in [0.1, 0.15) is 31.2 Å². The number of rotatable bonds is 1. The third-order valence-electron chi connectivity index (χ3n) is 4.23. The molecule has 0 amide bonds. The van der Waals surface area contributed by atoms with E-state index >= 15 is 0 Å². The molecule has 1 aromatic rings. The van der Waals surface area contributed by atoms with Crippen molar-refractivity contribution in [2.45, 2.75) is 36.7 Å². The van der Waals surface area contributed by atoms with Crippen molar-refractivity contribution in [2.24, 2.45) is 0 Å². The van der Waals surface area contributed by atoms with E-state index in [9.17, 15) is 9.65 Å². The van der Waals surface area contributed by atoms with Crippen LogP contribution < -0.4 is 0 Å². The van der Waals surface area contributed by atoms with E-state index in [4.69, 9.17) is 16.3 Å². The molecule has 0 unspecified atom stereocenters. The number of epoxide rings is 1. The molecule has 1 aliphatic carbocycles. The maximum absolute atomic E-state index is 14.0. The lowest BCUT2D eigenvalue weighted by Gasteiger charge is -2.34. The van der Waals surface area contributed by atoms with Crippen molar-refractivity contribution < 1.29 is 9.13 Å². The number of nitrogens with zero attached hydrogens (tertiary/aromatic N) is 1. The fourth-order valence-corrected chi connectivity index (χ4v) is 3.00. The summed E-state index contributed by atoms with van der Waals surface area (Å²) in [6.45, 7) is 0.789. The van der Waals surface area contributed by atoms with Crippen LogP contribution in [0.2, 0.25) is 5.02 Å². The maximum Gasteiger partial charge on any atom is 0.129 e. The van der Waals surface area contributed by atoms with Crippen molar-refractivity contribution in [3.63, 3.8) is 0 Å². The molecule has 0 atom stereocenters. The van der Waals surface area contributed by atoms with Crippen molar-refractivity contribution in [1.29, 1.82) is 5.26 Å². The Bertz CT molecular complexity index is 523. The number of nitriles is 1. The van der Waals surface area contributed by atoms with E-state index in [1.165, 1.54) is 6.07 Å². The van der Waals surface area contributed by atoms with E-state index in [0.29, 0.717) is 23.4 Å². The summed E-state index contributed by atoms with van der Waals surface area (Å²) in [6.07, 6.45) is 2.98. The molecule has 0 radical (unpaired) electrons. The van der Waals surface area contributed by atoms with Gasteiger partial charge in [-0.1, -0.05) is 17.7 Å². The Morgan fingerprint density at radius 1 is 1.28 bits per heavy atom. The van der Waals surface area contributed by atoms with Gasteiger partial charge in [0, 0.05) is 10.6 Å². The molecular formula is C14H13ClFNO. The van der Waals surface area contributed by atoms with Crippen molar-refractivity contribution in [2.75, 3.05) is 6.61 Å². The van der Waals surface area contributed by atoms with Gasteiger partial charge in [0.2, 0.25) is 0 Å². The second-order valence-electron chi connectivity index (χ2n) is 5.29. The topological polar surface area (TPSA) is 36.3 Å². The summed E-state index contributed by atoms with van der Waals surface area (Å²) < 4.78 is 19.4. The molecule has 2 fully saturated rings. The first-order valence-corrected chi connectivity index (χ1v) is 6.48. The number of benzene rings is 1. The van der Waals surface area contributed by atoms with Crippen LogP contribution in [0, 0.1) is 17.1 Å². The Balaban J connectivity index is 1.94. The Hall–Kier alpha value is -1.11. The standard InChI is InChI=1S/C14H13ClFNO/c15-10-1-2-11(12(16)7-10)13(8-17)3-5-14(6-4-13)9-18-14/h1-2,7H,3-6,9H2. The molecule has 1 spiro atoms. The Labute approximate surface area is 110 Å². The predicted octanol–water partition coefficient (Wildman–Crippen LogP) is 3.58. The third kappa shape index (κ3) is 1.81. The highest BCUT2D eigenvalue weighted by atomic mass is 35.5. The van der Waals surface area contributed by atoms with Crippen LogP contribution in [-0.2, 0) is 10.2 Å². The Kier molecular flexibility index (Phi) is 2.62. The largest absolute Gasteiger partial charge is 0.370 e. The monoisotopic (exact) mass is 265 g/mol. The molecule has 0 bridgehead atoms. The van der Waals surface area contributed by atoms with E-state index in [0.717, 1.165) is 19.4 Å². The minimum absolute atomic E-state index is 0.00323. The van der Waals surface area contributed by atoms with Crippen molar-refractivity contribution >= 4 is 11.6 Å². The molecule has 1 aromatic carbocycles. The van der Waals surface area contributed by atoms with E-state index in [1.807, 2.05) is 0 Å². The summed E-state index contributed by atoms with van der Waals surface area (Å²) >= 11 is 5.76. The second-order valence-corrected chi connectivity index (χ2v) is 5.73. The molecule has 0 aromatic heterocycles. The van der Waals surface area contributed by atoms with Crippen LogP contribution in [0.3, 0.4) is 0 Å². The normalized spacial score (nSPS) is 34.3. The molecule has 2 aliphatic rings. The fraction of sp³-hybridized carbons (Fsp3) is 0.500. The maximum atomic E-state index is 14.0. The van der Waals surface area contributed by atoms with Gasteiger partial charge in [-0.15, -0.1) is 0 Å². The van der Waals surface area contributed by atoms with Crippen LogP contribution in [0.25, 0.3) is 0 Å². The highest BCUT2D eigenvalue weighted by Gasteiger charge is 2.52. The summed E-state index contributed by atoms with van der Waals surface area (Å²) in [4.78, 5) is 0. The van der Waals surface area contributed by atoms with Gasteiger partial charge >= 0.3 is 0 Å². The molecule has 1 aliphatic heterocycles. The smallest absolute Gasteiger partial charge is 0.129 e. The molecule has 0 N–H and O–H groups in total. The third-order valence-corrected chi connectivity index (χ3v) is 4.46. The molecule has 2 nitrogen and oxygen atoms in total. The molecule has 1 heterocycles. The van der Waals surface area contributed by atoms with Gasteiger partial charge in [0.05, 0.1) is 23.7 Å². The van der Waals surface area contributed by atoms with E-state index in [2.05, 4.69) is 6.07 Å². The van der Waals surface area contributed by atoms with Gasteiger partial charge in [0.1, 0.15) is 5.82 Å². The average Bonchev–Trinajstić information content (AvgIpc) is 3.12. The summed E-state index contributed by atoms with van der Waals surface area (Å²) in [6, 6.07) is 6.90. The van der Waals surface area contributed by atoms with Crippen LogP contribution in [0.5, 0.6) is 0 Å². The zero-order valence-corrected chi connectivity index (χ0v) is 10.6. The van der Waals surface area contributed by atoms with Crippen LogP contribution in [0.4, 0.5) is 4.39 Å². The van der Waals surface area contributed by atoms with Crippen LogP contribution in [-0.4, -0.2) is 12.2 Å². The molecule has 18 heavy (non-hydrogen) atoms. The molecule has 4 heteroatoms. The fourth-order valence-electron chi connectivity index (χ4n) is 2.84. The predicted molar refractivity (Wildman–Crippen MR) is 65.9 cm³/mol. The molecular weight excluding hydrogens is 253 g/mol. The summed E-state index contributed by atoms with van der Waals surface area (Å²) in [5.41, 5.74) is -0.236. The number of ether oxygens (including phenoxy) is 1. The Morgan fingerprint density at radius 2 is 1.94 bits per heavy atom. The first-order valence-electron chi connectivity index (χ1n) is 6.10. The summed E-state index contributed by atoms with van der Waals surface area (Å²) in [5, 5.41) is 9.85. The van der Waals surface area contributed by atoms with Gasteiger partial charge in [-0.05, 0) is 37.8 Å². The lowest BCUT2D eigenvalue weighted by molar-refractivity contribution is 0.198. The van der Waals surface area contributed by atoms with Gasteiger partial charge < -0.3 is 4.74 Å². The van der Waals surface area contributed by atoms with Crippen molar-refractivity contribution in [3.8, 4) is 6.07 Å². The number of hydrogen-bond donors (Lipinski definition) is 0. The molecule has 3 rings (SSSR count). The van der Waals surface area contributed by atoms with Crippen LogP contribution >= 0.6 is 11.6 Å². The first-order chi connectivity index (χ1) is 8.59. The van der Waals surface area contributed by atoms with Crippen molar-refractivity contribution in [3.05, 3.63) is 34.6 Å². The number of halogens is 2. The second kappa shape index (κ2) is 3.94. The highest BCUT2D eigenvalue weighted by molar-refractivity contribution is 6.30. The zero-order chi connectivity index (χ0) is 12.8. The minimum atomic E-state index is -0.716. The van der Waals surface area contributed by atoms with E-state index in [-0.39, 0.29) is 11.4 Å². The van der Waals surface area contributed by atoms with Gasteiger partial charge in [-0.25, -0.2) is 4.39 Å². The molecule has 94 valence electrons. The summed E-state index contributed by atoms with van der Waals surface area (Å²) in [7, 11) is 0. The zero-order valence-electron chi connectivity index (χ0n) is 9.88. The van der Waals surface area contributed by atoms with E-state index < -0.39 is 5.41 Å². The van der Waals surface area contributed by atoms with Crippen molar-refractivity contribution in [1.82, 2.24) is 0 Å². The minimum Gasteiger partial charge on any atom is -0.370 e. The van der Waals surface area contributed by atoms with Gasteiger partial charge in [-0.3, -0.25) is 0 Å². The lowest BCUT2D eigenvalue weighted by atomic mass is 9.67. The Morgan fingerprint density at radius 3 is 2.44 bits per heavy atom. The quantitative estimate of drug-likeness (QED) is 0.728. The first kappa shape index (κ1) is 12.0.